The topological polar surface area (TPSA) is 82.4 Å². The normalized spacial score (nSPS) is 12.4. The van der Waals surface area contributed by atoms with Crippen LogP contribution in [0.15, 0.2) is 48.5 Å². The number of aromatic nitrogens is 4. The fourth-order valence-electron chi connectivity index (χ4n) is 4.16. The van der Waals surface area contributed by atoms with Gasteiger partial charge in [0.1, 0.15) is 28.8 Å². The number of halogens is 2. The van der Waals surface area contributed by atoms with E-state index in [2.05, 4.69) is 15.3 Å². The van der Waals surface area contributed by atoms with Crippen molar-refractivity contribution in [3.05, 3.63) is 76.5 Å². The first kappa shape index (κ1) is 27.3. The number of amides is 1. The van der Waals surface area contributed by atoms with Crippen LogP contribution in [0.1, 0.15) is 50.2 Å². The molecule has 2 aromatic heterocycles. The van der Waals surface area contributed by atoms with Crippen LogP contribution < -0.4 is 4.74 Å². The van der Waals surface area contributed by atoms with E-state index in [9.17, 15) is 9.18 Å². The van der Waals surface area contributed by atoms with Crippen molar-refractivity contribution >= 4 is 28.6 Å². The van der Waals surface area contributed by atoms with Crippen molar-refractivity contribution in [3.8, 4) is 11.4 Å². The Morgan fingerprint density at radius 3 is 2.55 bits per heavy atom. The van der Waals surface area contributed by atoms with Gasteiger partial charge in [0.25, 0.3) is 0 Å². The summed E-state index contributed by atoms with van der Waals surface area (Å²) in [6.45, 7) is 9.52. The predicted molar refractivity (Wildman–Crippen MR) is 144 cm³/mol. The highest BCUT2D eigenvalue weighted by molar-refractivity contribution is 6.33. The van der Waals surface area contributed by atoms with E-state index in [0.29, 0.717) is 29.8 Å². The average molecular weight is 540 g/mol. The summed E-state index contributed by atoms with van der Waals surface area (Å²) < 4.78 is 28.3. The van der Waals surface area contributed by atoms with Gasteiger partial charge in [-0.1, -0.05) is 35.9 Å². The first-order valence-electron chi connectivity index (χ1n) is 12.3. The zero-order valence-electron chi connectivity index (χ0n) is 22.3. The Balaban J connectivity index is 1.62. The molecule has 0 saturated heterocycles. The summed E-state index contributed by atoms with van der Waals surface area (Å²) in [6, 6.07) is 13.8. The van der Waals surface area contributed by atoms with E-state index < -0.39 is 17.8 Å². The van der Waals surface area contributed by atoms with Gasteiger partial charge in [0.05, 0.1) is 17.1 Å². The molecule has 0 aliphatic heterocycles. The van der Waals surface area contributed by atoms with Crippen molar-refractivity contribution in [2.75, 3.05) is 13.6 Å². The van der Waals surface area contributed by atoms with E-state index in [4.69, 9.17) is 21.1 Å². The smallest absolute Gasteiger partial charge is 0.410 e. The number of carbonyl (C=O) groups excluding carboxylic acids is 1. The zero-order chi connectivity index (χ0) is 27.6. The third-order valence-corrected chi connectivity index (χ3v) is 6.24. The summed E-state index contributed by atoms with van der Waals surface area (Å²) in [5.74, 6) is 0.140. The van der Waals surface area contributed by atoms with Crippen molar-refractivity contribution < 1.29 is 18.7 Å². The third kappa shape index (κ3) is 6.05. The van der Waals surface area contributed by atoms with Crippen LogP contribution in [-0.4, -0.2) is 50.2 Å². The minimum atomic E-state index is -0.654. The van der Waals surface area contributed by atoms with E-state index in [1.807, 2.05) is 52.8 Å². The van der Waals surface area contributed by atoms with Gasteiger partial charge in [-0.25, -0.2) is 13.9 Å². The van der Waals surface area contributed by atoms with Gasteiger partial charge in [0.15, 0.2) is 5.15 Å². The Morgan fingerprint density at radius 2 is 1.87 bits per heavy atom. The highest BCUT2D eigenvalue weighted by Gasteiger charge is 2.23. The van der Waals surface area contributed by atoms with E-state index >= 15 is 0 Å². The van der Waals surface area contributed by atoms with E-state index in [0.717, 1.165) is 22.5 Å². The molecule has 0 radical (unpaired) electrons. The van der Waals surface area contributed by atoms with Crippen LogP contribution in [0.4, 0.5) is 9.18 Å². The molecule has 0 spiro atoms. The van der Waals surface area contributed by atoms with Gasteiger partial charge in [-0.2, -0.15) is 10.2 Å². The van der Waals surface area contributed by atoms with E-state index in [-0.39, 0.29) is 11.0 Å². The second-order valence-corrected chi connectivity index (χ2v) is 10.5. The Labute approximate surface area is 226 Å². The van der Waals surface area contributed by atoms with Gasteiger partial charge >= 0.3 is 6.09 Å². The van der Waals surface area contributed by atoms with Crippen LogP contribution in [-0.2, 0) is 4.74 Å². The Kier molecular flexibility index (Phi) is 7.87. The van der Waals surface area contributed by atoms with Gasteiger partial charge < -0.3 is 14.4 Å². The van der Waals surface area contributed by atoms with E-state index in [1.54, 1.807) is 36.0 Å². The maximum absolute atomic E-state index is 14.8. The van der Waals surface area contributed by atoms with Crippen molar-refractivity contribution in [2.45, 2.75) is 52.7 Å². The predicted octanol–water partition coefficient (Wildman–Crippen LogP) is 6.60. The molecular weight excluding hydrogens is 509 g/mol. The highest BCUT2D eigenvalue weighted by Crippen LogP contribution is 2.31. The fraction of sp³-hybridized carbons (Fsp3) is 0.357. The number of rotatable bonds is 7. The molecule has 0 aliphatic carbocycles. The van der Waals surface area contributed by atoms with Crippen LogP contribution in [0.25, 0.3) is 16.6 Å². The molecule has 0 aliphatic rings. The molecular formula is C28H31ClFN5O3. The summed E-state index contributed by atoms with van der Waals surface area (Å²) in [5.41, 5.74) is 2.68. The molecule has 4 aromatic rings. The monoisotopic (exact) mass is 539 g/mol. The average Bonchev–Trinajstić information content (AvgIpc) is 3.22. The molecule has 4 rings (SSSR count). The second kappa shape index (κ2) is 10.9. The quantitative estimate of drug-likeness (QED) is 0.263. The van der Waals surface area contributed by atoms with Crippen LogP contribution in [0, 0.1) is 19.7 Å². The van der Waals surface area contributed by atoms with Crippen LogP contribution in [0.5, 0.6) is 5.75 Å². The lowest BCUT2D eigenvalue weighted by Crippen LogP contribution is -2.35. The Bertz CT molecular complexity index is 1470. The molecule has 2 heterocycles. The summed E-state index contributed by atoms with van der Waals surface area (Å²) in [5, 5.41) is 13.8. The number of benzene rings is 2. The minimum absolute atomic E-state index is 0.230. The first-order chi connectivity index (χ1) is 17.9. The van der Waals surface area contributed by atoms with Gasteiger partial charge in [0.2, 0.25) is 0 Å². The highest BCUT2D eigenvalue weighted by atomic mass is 35.5. The molecule has 1 unspecified atom stereocenters. The minimum Gasteiger partial charge on any atom is -0.485 e. The van der Waals surface area contributed by atoms with Crippen molar-refractivity contribution in [1.29, 1.82) is 0 Å². The van der Waals surface area contributed by atoms with Crippen molar-refractivity contribution in [2.24, 2.45) is 0 Å². The summed E-state index contributed by atoms with van der Waals surface area (Å²) in [6.07, 6.45) is -0.761. The van der Waals surface area contributed by atoms with Crippen LogP contribution >= 0.6 is 11.6 Å². The van der Waals surface area contributed by atoms with Crippen LogP contribution in [0.3, 0.4) is 0 Å². The molecule has 0 fully saturated rings. The lowest BCUT2D eigenvalue weighted by molar-refractivity contribution is 0.0278. The number of nitrogens with zero attached hydrogens (tertiary/aromatic N) is 5. The molecule has 1 atom stereocenters. The fourth-order valence-corrected chi connectivity index (χ4v) is 4.33. The molecule has 8 nitrogen and oxygen atoms in total. The molecule has 10 heteroatoms. The van der Waals surface area contributed by atoms with Crippen LogP contribution in [0.2, 0.25) is 5.15 Å². The SMILES string of the molecule is Cc1nnc(Cl)c2nn(-c3cccc(OC(CCN(C)C(=O)OC(C)(C)C)c4ccccc4F)c3)c(C)c12. The number of hydrogen-bond acceptors (Lipinski definition) is 6. The van der Waals surface area contributed by atoms with Gasteiger partial charge in [0, 0.05) is 37.0 Å². The third-order valence-electron chi connectivity index (χ3n) is 5.99. The first-order valence-corrected chi connectivity index (χ1v) is 12.7. The Morgan fingerprint density at radius 1 is 1.13 bits per heavy atom. The molecule has 200 valence electrons. The van der Waals surface area contributed by atoms with Gasteiger partial charge in [-0.15, -0.1) is 5.10 Å². The molecule has 38 heavy (non-hydrogen) atoms. The number of aryl methyl sites for hydroxylation is 2. The molecule has 0 saturated carbocycles. The molecule has 0 bridgehead atoms. The molecule has 0 N–H and O–H groups in total. The second-order valence-electron chi connectivity index (χ2n) is 10.1. The number of ether oxygens (including phenoxy) is 2. The Hall–Kier alpha value is -3.72. The van der Waals surface area contributed by atoms with Gasteiger partial charge in [-0.05, 0) is 52.8 Å². The number of carbonyl (C=O) groups is 1. The summed E-state index contributed by atoms with van der Waals surface area (Å²) in [7, 11) is 1.65. The number of hydrogen-bond donors (Lipinski definition) is 0. The molecule has 2 aromatic carbocycles. The maximum atomic E-state index is 14.8. The lowest BCUT2D eigenvalue weighted by atomic mass is 10.1. The van der Waals surface area contributed by atoms with Gasteiger partial charge in [-0.3, -0.25) is 0 Å². The van der Waals surface area contributed by atoms with Crippen molar-refractivity contribution in [1.82, 2.24) is 24.9 Å². The summed E-state index contributed by atoms with van der Waals surface area (Å²) >= 11 is 6.26. The zero-order valence-corrected chi connectivity index (χ0v) is 23.1. The van der Waals surface area contributed by atoms with Crippen molar-refractivity contribution in [3.63, 3.8) is 0 Å². The largest absolute Gasteiger partial charge is 0.485 e. The lowest BCUT2D eigenvalue weighted by Gasteiger charge is -2.26. The summed E-state index contributed by atoms with van der Waals surface area (Å²) in [4.78, 5) is 13.9. The standard InChI is InChI=1S/C28H31ClFN5O3/c1-17-24-18(2)35(33-25(24)26(29)32-31-17)19-10-9-11-20(16-19)37-23(21-12-7-8-13-22(21)30)14-15-34(6)27(36)38-28(3,4)5/h7-13,16,23H,14-15H2,1-6H3. The molecule has 1 amide bonds. The maximum Gasteiger partial charge on any atom is 0.410 e. The van der Waals surface area contributed by atoms with E-state index in [1.165, 1.54) is 11.0 Å². The number of fused-ring (bicyclic) bond motifs is 1.